The molecule has 3 nitrogen and oxygen atoms in total. The molecule has 1 aromatic heterocycles. The zero-order valence-corrected chi connectivity index (χ0v) is 8.82. The summed E-state index contributed by atoms with van der Waals surface area (Å²) < 4.78 is 10.5. The third-order valence-corrected chi connectivity index (χ3v) is 2.30. The molecule has 1 aromatic carbocycles. The Morgan fingerprint density at radius 2 is 2.12 bits per heavy atom. The van der Waals surface area contributed by atoms with Gasteiger partial charge in [-0.15, -0.1) is 6.42 Å². The molecule has 0 aliphatic rings. The third kappa shape index (κ3) is 1.78. The Morgan fingerprint density at radius 1 is 1.38 bits per heavy atom. The van der Waals surface area contributed by atoms with Gasteiger partial charge >= 0.3 is 5.63 Å². The van der Waals surface area contributed by atoms with E-state index in [1.54, 1.807) is 6.07 Å². The van der Waals surface area contributed by atoms with E-state index in [1.807, 2.05) is 19.1 Å². The van der Waals surface area contributed by atoms with E-state index < -0.39 is 0 Å². The molecule has 2 rings (SSSR count). The largest absolute Gasteiger partial charge is 0.481 e. The van der Waals surface area contributed by atoms with Crippen LogP contribution in [0.1, 0.15) is 5.56 Å². The summed E-state index contributed by atoms with van der Waals surface area (Å²) in [5.41, 5.74) is 0.956. The Hall–Kier alpha value is -2.21. The van der Waals surface area contributed by atoms with Crippen molar-refractivity contribution >= 4 is 11.0 Å². The van der Waals surface area contributed by atoms with E-state index in [4.69, 9.17) is 15.6 Å². The number of fused-ring (bicyclic) bond motifs is 1. The van der Waals surface area contributed by atoms with Crippen LogP contribution in [0.5, 0.6) is 5.75 Å². The first-order valence-corrected chi connectivity index (χ1v) is 4.82. The smallest absolute Gasteiger partial charge is 0.336 e. The summed E-state index contributed by atoms with van der Waals surface area (Å²) in [4.78, 5) is 11.1. The highest BCUT2D eigenvalue weighted by Crippen LogP contribution is 2.25. The highest BCUT2D eigenvalue weighted by Gasteiger charge is 2.06. The van der Waals surface area contributed by atoms with Crippen LogP contribution in [-0.4, -0.2) is 6.61 Å². The Morgan fingerprint density at radius 3 is 2.88 bits per heavy atom. The maximum Gasteiger partial charge on any atom is 0.336 e. The summed E-state index contributed by atoms with van der Waals surface area (Å²) in [6.07, 6.45) is 5.11. The second-order valence-corrected chi connectivity index (χ2v) is 3.35. The number of ether oxygens (including phenoxy) is 1. The van der Waals surface area contributed by atoms with Gasteiger partial charge in [0.05, 0.1) is 0 Å². The molecule has 0 saturated carbocycles. The quantitative estimate of drug-likeness (QED) is 0.567. The van der Waals surface area contributed by atoms with E-state index >= 15 is 0 Å². The van der Waals surface area contributed by atoms with Crippen molar-refractivity contribution in [3.63, 3.8) is 0 Å². The van der Waals surface area contributed by atoms with Gasteiger partial charge in [0.15, 0.2) is 0 Å². The molecule has 0 aliphatic heterocycles. The molecule has 0 aliphatic carbocycles. The van der Waals surface area contributed by atoms with Gasteiger partial charge in [-0.05, 0) is 25.1 Å². The second-order valence-electron chi connectivity index (χ2n) is 3.35. The van der Waals surface area contributed by atoms with Gasteiger partial charge in [-0.1, -0.05) is 5.92 Å². The maximum absolute atomic E-state index is 11.1. The molecule has 0 radical (unpaired) electrons. The molecule has 0 fully saturated rings. The topological polar surface area (TPSA) is 39.4 Å². The Kier molecular flexibility index (Phi) is 2.65. The molecule has 0 saturated heterocycles. The van der Waals surface area contributed by atoms with Crippen molar-refractivity contribution in [2.24, 2.45) is 0 Å². The molecule has 1 heterocycles. The first-order valence-electron chi connectivity index (χ1n) is 4.82. The average molecular weight is 214 g/mol. The Labute approximate surface area is 92.7 Å². The van der Waals surface area contributed by atoms with Gasteiger partial charge in [-0.3, -0.25) is 0 Å². The second kappa shape index (κ2) is 4.11. The Bertz CT molecular complexity index is 617. The average Bonchev–Trinajstić information content (AvgIpc) is 2.29. The first-order chi connectivity index (χ1) is 7.72. The van der Waals surface area contributed by atoms with Crippen LogP contribution in [0, 0.1) is 19.3 Å². The zero-order valence-electron chi connectivity index (χ0n) is 8.82. The number of aryl methyl sites for hydroxylation is 1. The van der Waals surface area contributed by atoms with Crippen LogP contribution < -0.4 is 10.4 Å². The predicted molar refractivity (Wildman–Crippen MR) is 61.5 cm³/mol. The van der Waals surface area contributed by atoms with Crippen molar-refractivity contribution in [1.29, 1.82) is 0 Å². The van der Waals surface area contributed by atoms with Crippen LogP contribution in [0.4, 0.5) is 0 Å². The van der Waals surface area contributed by atoms with Gasteiger partial charge in [-0.2, -0.15) is 0 Å². The Balaban J connectivity index is 2.59. The van der Waals surface area contributed by atoms with E-state index in [9.17, 15) is 4.79 Å². The number of benzene rings is 1. The molecule has 0 unspecified atom stereocenters. The molecule has 2 aromatic rings. The lowest BCUT2D eigenvalue weighted by molar-refractivity contribution is 0.367. The zero-order chi connectivity index (χ0) is 11.5. The van der Waals surface area contributed by atoms with Crippen molar-refractivity contribution in [3.8, 4) is 18.1 Å². The summed E-state index contributed by atoms with van der Waals surface area (Å²) in [7, 11) is 0. The van der Waals surface area contributed by atoms with E-state index in [2.05, 4.69) is 5.92 Å². The van der Waals surface area contributed by atoms with Crippen molar-refractivity contribution in [3.05, 3.63) is 40.2 Å². The van der Waals surface area contributed by atoms with Crippen LogP contribution in [-0.2, 0) is 0 Å². The van der Waals surface area contributed by atoms with Gasteiger partial charge in [0, 0.05) is 17.0 Å². The fourth-order valence-electron chi connectivity index (χ4n) is 1.53. The fourth-order valence-corrected chi connectivity index (χ4v) is 1.53. The minimum absolute atomic E-state index is 0.198. The van der Waals surface area contributed by atoms with Crippen LogP contribution in [0.2, 0.25) is 0 Å². The lowest BCUT2D eigenvalue weighted by atomic mass is 10.1. The number of hydrogen-bond donors (Lipinski definition) is 0. The molecular formula is C13H10O3. The maximum atomic E-state index is 11.1. The van der Waals surface area contributed by atoms with Crippen molar-refractivity contribution < 1.29 is 9.15 Å². The van der Waals surface area contributed by atoms with Gasteiger partial charge in [0.1, 0.15) is 17.9 Å². The van der Waals surface area contributed by atoms with Crippen molar-refractivity contribution in [1.82, 2.24) is 0 Å². The van der Waals surface area contributed by atoms with E-state index in [1.165, 1.54) is 6.07 Å². The summed E-state index contributed by atoms with van der Waals surface area (Å²) in [5, 5.41) is 0.866. The van der Waals surface area contributed by atoms with Crippen LogP contribution in [0.25, 0.3) is 11.0 Å². The summed E-state index contributed by atoms with van der Waals surface area (Å²) in [6, 6.07) is 6.76. The molecule has 0 atom stereocenters. The molecule has 0 spiro atoms. The summed E-state index contributed by atoms with van der Waals surface area (Å²) >= 11 is 0. The lowest BCUT2D eigenvalue weighted by Crippen LogP contribution is -1.99. The molecule has 0 bridgehead atoms. The van der Waals surface area contributed by atoms with Crippen LogP contribution in [0.3, 0.4) is 0 Å². The molecule has 0 N–H and O–H groups in total. The van der Waals surface area contributed by atoms with Crippen molar-refractivity contribution in [2.75, 3.05) is 6.61 Å². The standard InChI is InChI=1S/C13H10O3/c1-3-8-15-11-6-4-10-5-7-12(14)16-13(10)9(11)2/h1,4-7H,8H2,2H3. The van der Waals surface area contributed by atoms with Gasteiger partial charge in [0.2, 0.25) is 0 Å². The molecule has 0 amide bonds. The highest BCUT2D eigenvalue weighted by molar-refractivity contribution is 5.81. The fraction of sp³-hybridized carbons (Fsp3) is 0.154. The predicted octanol–water partition coefficient (Wildman–Crippen LogP) is 2.11. The number of rotatable bonds is 2. The van der Waals surface area contributed by atoms with Crippen LogP contribution >= 0.6 is 0 Å². The van der Waals surface area contributed by atoms with Crippen LogP contribution in [0.15, 0.2) is 33.5 Å². The third-order valence-electron chi connectivity index (χ3n) is 2.30. The highest BCUT2D eigenvalue weighted by atomic mass is 16.5. The van der Waals surface area contributed by atoms with Crippen molar-refractivity contribution in [2.45, 2.75) is 6.92 Å². The minimum Gasteiger partial charge on any atom is -0.481 e. The van der Waals surface area contributed by atoms with Gasteiger partial charge < -0.3 is 9.15 Å². The first kappa shape index (κ1) is 10.3. The van der Waals surface area contributed by atoms with E-state index in [0.717, 1.165) is 10.9 Å². The monoisotopic (exact) mass is 214 g/mol. The van der Waals surface area contributed by atoms with Gasteiger partial charge in [-0.25, -0.2) is 4.79 Å². The number of hydrogen-bond acceptors (Lipinski definition) is 3. The minimum atomic E-state index is -0.371. The summed E-state index contributed by atoms with van der Waals surface area (Å²) in [6.45, 7) is 2.03. The lowest BCUT2D eigenvalue weighted by Gasteiger charge is -2.07. The molecule has 80 valence electrons. The summed E-state index contributed by atoms with van der Waals surface area (Å²) in [5.74, 6) is 3.03. The van der Waals surface area contributed by atoms with Gasteiger partial charge in [0.25, 0.3) is 0 Å². The number of terminal acetylenes is 1. The normalized spacial score (nSPS) is 10.0. The van der Waals surface area contributed by atoms with E-state index in [0.29, 0.717) is 11.3 Å². The SMILES string of the molecule is C#CCOc1ccc2ccc(=O)oc2c1C. The molecule has 16 heavy (non-hydrogen) atoms. The molecule has 3 heteroatoms. The van der Waals surface area contributed by atoms with E-state index in [-0.39, 0.29) is 12.2 Å². The molecular weight excluding hydrogens is 204 g/mol.